The molecule has 1 heterocycles. The average Bonchev–Trinajstić information content (AvgIpc) is 2.43. The van der Waals surface area contributed by atoms with Gasteiger partial charge in [-0.25, -0.2) is 0 Å². The third-order valence-corrected chi connectivity index (χ3v) is 4.70. The molecule has 1 aliphatic rings. The van der Waals surface area contributed by atoms with Crippen LogP contribution in [0.15, 0.2) is 16.6 Å². The van der Waals surface area contributed by atoms with Gasteiger partial charge in [0.1, 0.15) is 38.4 Å². The van der Waals surface area contributed by atoms with Crippen LogP contribution in [-0.4, -0.2) is 51.7 Å². The molecule has 4 nitrogen and oxygen atoms in total. The van der Waals surface area contributed by atoms with E-state index in [9.17, 15) is 0 Å². The zero-order chi connectivity index (χ0) is 16.8. The van der Waals surface area contributed by atoms with Crippen LogP contribution in [0.5, 0.6) is 5.75 Å². The first-order valence-electron chi connectivity index (χ1n) is 8.11. The van der Waals surface area contributed by atoms with E-state index >= 15 is 0 Å². The summed E-state index contributed by atoms with van der Waals surface area (Å²) < 4.78 is 18.0. The van der Waals surface area contributed by atoms with Gasteiger partial charge in [-0.2, -0.15) is 0 Å². The van der Waals surface area contributed by atoms with Crippen LogP contribution >= 0.6 is 27.5 Å². The van der Waals surface area contributed by atoms with Crippen molar-refractivity contribution in [3.05, 3.63) is 27.2 Å². The van der Waals surface area contributed by atoms with Crippen LogP contribution in [0, 0.1) is 6.92 Å². The SMILES string of the molecule is Cc1cc(Cl)c(OCCOCC[NH+]2C[C@@H](C)O[C@@H](C)C2)c(Br)c1. The van der Waals surface area contributed by atoms with Crippen molar-refractivity contribution in [2.24, 2.45) is 0 Å². The minimum atomic E-state index is 0.332. The van der Waals surface area contributed by atoms with Crippen molar-refractivity contribution in [1.29, 1.82) is 0 Å². The van der Waals surface area contributed by atoms with Gasteiger partial charge in [0.15, 0.2) is 5.75 Å². The summed E-state index contributed by atoms with van der Waals surface area (Å²) in [6.07, 6.45) is 0.663. The Balaban J connectivity index is 1.63. The molecule has 130 valence electrons. The number of rotatable bonds is 7. The van der Waals surface area contributed by atoms with Crippen molar-refractivity contribution in [2.45, 2.75) is 33.0 Å². The monoisotopic (exact) mass is 406 g/mol. The van der Waals surface area contributed by atoms with Gasteiger partial charge in [-0.1, -0.05) is 11.6 Å². The van der Waals surface area contributed by atoms with E-state index in [4.69, 9.17) is 25.8 Å². The molecule has 0 saturated carbocycles. The summed E-state index contributed by atoms with van der Waals surface area (Å²) in [6.45, 7) is 11.2. The van der Waals surface area contributed by atoms with Crippen LogP contribution in [0.4, 0.5) is 0 Å². The van der Waals surface area contributed by atoms with Crippen molar-refractivity contribution >= 4 is 27.5 Å². The van der Waals surface area contributed by atoms with Crippen molar-refractivity contribution in [3.63, 3.8) is 0 Å². The Morgan fingerprint density at radius 3 is 2.57 bits per heavy atom. The predicted octanol–water partition coefficient (Wildman–Crippen LogP) is 2.50. The topological polar surface area (TPSA) is 32.1 Å². The maximum absolute atomic E-state index is 6.19. The highest BCUT2D eigenvalue weighted by Crippen LogP contribution is 2.34. The number of ether oxygens (including phenoxy) is 3. The maximum atomic E-state index is 6.19. The highest BCUT2D eigenvalue weighted by molar-refractivity contribution is 9.10. The number of morpholine rings is 1. The second kappa shape index (κ2) is 9.23. The van der Waals surface area contributed by atoms with Gasteiger partial charge >= 0.3 is 0 Å². The molecular formula is C17H26BrClNO3+. The molecule has 0 bridgehead atoms. The van der Waals surface area contributed by atoms with Gasteiger partial charge in [0, 0.05) is 0 Å². The molecule has 2 rings (SSSR count). The first-order valence-corrected chi connectivity index (χ1v) is 9.28. The van der Waals surface area contributed by atoms with E-state index in [1.807, 2.05) is 19.1 Å². The van der Waals surface area contributed by atoms with Gasteiger partial charge in [0.05, 0.1) is 22.7 Å². The molecule has 3 atom stereocenters. The number of aryl methyl sites for hydroxylation is 1. The van der Waals surface area contributed by atoms with E-state index in [0.29, 0.717) is 36.2 Å². The molecule has 1 fully saturated rings. The summed E-state index contributed by atoms with van der Waals surface area (Å²) in [5, 5.41) is 0.623. The minimum absolute atomic E-state index is 0.332. The summed E-state index contributed by atoms with van der Waals surface area (Å²) in [6, 6.07) is 3.89. The first-order chi connectivity index (χ1) is 11.0. The van der Waals surface area contributed by atoms with E-state index in [-0.39, 0.29) is 0 Å². The van der Waals surface area contributed by atoms with Gasteiger partial charge in [-0.15, -0.1) is 0 Å². The zero-order valence-corrected chi connectivity index (χ0v) is 16.4. The smallest absolute Gasteiger partial charge is 0.152 e. The fourth-order valence-corrected chi connectivity index (χ4v) is 4.07. The Kier molecular flexibility index (Phi) is 7.63. The molecule has 0 aromatic heterocycles. The molecule has 1 aliphatic heterocycles. The largest absolute Gasteiger partial charge is 0.488 e. The third-order valence-electron chi connectivity index (χ3n) is 3.83. The van der Waals surface area contributed by atoms with Gasteiger partial charge in [0.25, 0.3) is 0 Å². The normalized spacial score (nSPS) is 24.7. The summed E-state index contributed by atoms with van der Waals surface area (Å²) >= 11 is 9.67. The quantitative estimate of drug-likeness (QED) is 0.705. The van der Waals surface area contributed by atoms with Gasteiger partial charge in [0.2, 0.25) is 0 Å². The molecule has 1 saturated heterocycles. The molecule has 6 heteroatoms. The van der Waals surface area contributed by atoms with E-state index in [1.165, 1.54) is 0 Å². The molecule has 1 aromatic rings. The van der Waals surface area contributed by atoms with Crippen molar-refractivity contribution < 1.29 is 19.1 Å². The van der Waals surface area contributed by atoms with Gasteiger partial charge in [-0.05, 0) is 54.4 Å². The third kappa shape index (κ3) is 6.24. The summed E-state index contributed by atoms with van der Waals surface area (Å²) in [5.41, 5.74) is 1.10. The second-order valence-corrected chi connectivity index (χ2v) is 7.45. The lowest BCUT2D eigenvalue weighted by Crippen LogP contribution is -3.15. The maximum Gasteiger partial charge on any atom is 0.152 e. The standard InChI is InChI=1S/C17H25BrClNO3/c1-12-8-15(18)17(16(19)9-12)22-7-6-21-5-4-20-10-13(2)23-14(3)11-20/h8-9,13-14H,4-7,10-11H2,1-3H3/p+1/t13-,14+. The zero-order valence-electron chi connectivity index (χ0n) is 14.0. The molecule has 1 unspecified atom stereocenters. The second-order valence-electron chi connectivity index (χ2n) is 6.18. The van der Waals surface area contributed by atoms with Crippen molar-refractivity contribution in [3.8, 4) is 5.75 Å². The molecular weight excluding hydrogens is 382 g/mol. The summed E-state index contributed by atoms with van der Waals surface area (Å²) in [5.74, 6) is 0.683. The Morgan fingerprint density at radius 2 is 1.91 bits per heavy atom. The van der Waals surface area contributed by atoms with Crippen LogP contribution in [0.1, 0.15) is 19.4 Å². The molecule has 0 spiro atoms. The van der Waals surface area contributed by atoms with E-state index in [1.54, 1.807) is 4.90 Å². The lowest BCUT2D eigenvalue weighted by atomic mass is 10.2. The average molecular weight is 408 g/mol. The minimum Gasteiger partial charge on any atom is -0.488 e. The Morgan fingerprint density at radius 1 is 1.22 bits per heavy atom. The summed E-state index contributed by atoms with van der Waals surface area (Å²) in [4.78, 5) is 1.54. The lowest BCUT2D eigenvalue weighted by molar-refractivity contribution is -0.915. The molecule has 23 heavy (non-hydrogen) atoms. The lowest BCUT2D eigenvalue weighted by Gasteiger charge is -2.32. The highest BCUT2D eigenvalue weighted by atomic mass is 79.9. The van der Waals surface area contributed by atoms with Crippen molar-refractivity contribution in [2.75, 3.05) is 39.5 Å². The first kappa shape index (κ1) is 19.0. The number of benzene rings is 1. The van der Waals surface area contributed by atoms with Crippen LogP contribution in [-0.2, 0) is 9.47 Å². The van der Waals surface area contributed by atoms with Gasteiger partial charge < -0.3 is 19.1 Å². The van der Waals surface area contributed by atoms with E-state index in [2.05, 4.69) is 29.8 Å². The Bertz CT molecular complexity index is 482. The number of nitrogens with one attached hydrogen (secondary N) is 1. The van der Waals surface area contributed by atoms with Crippen LogP contribution < -0.4 is 9.64 Å². The predicted molar refractivity (Wildman–Crippen MR) is 95.8 cm³/mol. The van der Waals surface area contributed by atoms with Crippen LogP contribution in [0.25, 0.3) is 0 Å². The molecule has 0 aliphatic carbocycles. The molecule has 0 radical (unpaired) electrons. The number of quaternary nitrogens is 1. The van der Waals surface area contributed by atoms with Crippen molar-refractivity contribution in [1.82, 2.24) is 0 Å². The highest BCUT2D eigenvalue weighted by Gasteiger charge is 2.24. The number of hydrogen-bond acceptors (Lipinski definition) is 3. The number of hydrogen-bond donors (Lipinski definition) is 1. The molecule has 0 amide bonds. The Labute approximate surface area is 152 Å². The molecule has 1 N–H and O–H groups in total. The Hall–Kier alpha value is -0.330. The van der Waals surface area contributed by atoms with E-state index in [0.717, 1.165) is 36.3 Å². The molecule has 1 aromatic carbocycles. The van der Waals surface area contributed by atoms with Crippen LogP contribution in [0.3, 0.4) is 0 Å². The number of halogens is 2. The van der Waals surface area contributed by atoms with E-state index < -0.39 is 0 Å². The van der Waals surface area contributed by atoms with Gasteiger partial charge in [-0.3, -0.25) is 0 Å². The fraction of sp³-hybridized carbons (Fsp3) is 0.647. The summed E-state index contributed by atoms with van der Waals surface area (Å²) in [7, 11) is 0. The van der Waals surface area contributed by atoms with Crippen LogP contribution in [0.2, 0.25) is 5.02 Å². The fourth-order valence-electron chi connectivity index (χ4n) is 2.94.